The Morgan fingerprint density at radius 1 is 1.06 bits per heavy atom. The fourth-order valence-electron chi connectivity index (χ4n) is 3.93. The van der Waals surface area contributed by atoms with Crippen LogP contribution < -0.4 is 10.6 Å². The molecule has 1 heterocycles. The van der Waals surface area contributed by atoms with Crippen molar-refractivity contribution in [3.8, 4) is 6.07 Å². The highest BCUT2D eigenvalue weighted by molar-refractivity contribution is 6.06. The number of carbonyl (C=O) groups excluding carboxylic acids is 2. The number of hydrogen-bond acceptors (Lipinski definition) is 8. The third-order valence-electron chi connectivity index (χ3n) is 5.91. The Balaban J connectivity index is 2.33. The van der Waals surface area contributed by atoms with Crippen molar-refractivity contribution in [3.05, 3.63) is 88.4 Å². The van der Waals surface area contributed by atoms with Crippen LogP contribution in [-0.2, 0) is 24.5 Å². The maximum atomic E-state index is 13.0. The summed E-state index contributed by atoms with van der Waals surface area (Å²) < 4.78 is 10.0. The predicted octanol–water partition coefficient (Wildman–Crippen LogP) is 2.85. The van der Waals surface area contributed by atoms with Crippen molar-refractivity contribution in [3.63, 3.8) is 0 Å². The Bertz CT molecular complexity index is 1190. The maximum Gasteiger partial charge on any atom is 0.355 e. The lowest BCUT2D eigenvalue weighted by Gasteiger charge is -2.36. The Kier molecular flexibility index (Phi) is 7.08. The van der Waals surface area contributed by atoms with Gasteiger partial charge in [0.15, 0.2) is 0 Å². The Hall–Kier alpha value is -4.09. The van der Waals surface area contributed by atoms with Crippen molar-refractivity contribution in [2.45, 2.75) is 25.2 Å². The molecule has 0 amide bonds. The first-order valence-electron chi connectivity index (χ1n) is 10.6. The number of aliphatic hydroxyl groups excluding tert-OH is 1. The number of methoxy groups -OCH3 is 2. The minimum Gasteiger partial charge on any atom is -0.466 e. The van der Waals surface area contributed by atoms with Crippen LogP contribution in [0.4, 0.5) is 5.69 Å². The summed E-state index contributed by atoms with van der Waals surface area (Å²) in [5.74, 6) is -2.51. The summed E-state index contributed by atoms with van der Waals surface area (Å²) >= 11 is 0. The number of rotatable bonds is 6. The van der Waals surface area contributed by atoms with E-state index in [-0.39, 0.29) is 29.3 Å². The van der Waals surface area contributed by atoms with Gasteiger partial charge in [-0.3, -0.25) is 4.90 Å². The lowest BCUT2D eigenvalue weighted by Crippen LogP contribution is -2.40. The van der Waals surface area contributed by atoms with Crippen LogP contribution in [0.5, 0.6) is 0 Å². The molecule has 8 nitrogen and oxygen atoms in total. The number of ether oxygens (including phenoxy) is 2. The van der Waals surface area contributed by atoms with Gasteiger partial charge in [0.1, 0.15) is 11.5 Å². The molecule has 176 valence electrons. The van der Waals surface area contributed by atoms with E-state index in [4.69, 9.17) is 15.2 Å². The monoisotopic (exact) mass is 461 g/mol. The van der Waals surface area contributed by atoms with E-state index >= 15 is 0 Å². The zero-order chi connectivity index (χ0) is 25.0. The fourth-order valence-corrected chi connectivity index (χ4v) is 3.93. The van der Waals surface area contributed by atoms with Gasteiger partial charge in [-0.05, 0) is 23.3 Å². The topological polar surface area (TPSA) is 126 Å². The highest BCUT2D eigenvalue weighted by Gasteiger charge is 2.43. The molecule has 0 bridgehead atoms. The zero-order valence-corrected chi connectivity index (χ0v) is 19.5. The lowest BCUT2D eigenvalue weighted by molar-refractivity contribution is -0.139. The van der Waals surface area contributed by atoms with Crippen LogP contribution in [0.15, 0.2) is 77.3 Å². The summed E-state index contributed by atoms with van der Waals surface area (Å²) in [4.78, 5) is 27.4. The van der Waals surface area contributed by atoms with Crippen LogP contribution in [0.2, 0.25) is 0 Å². The van der Waals surface area contributed by atoms with Crippen LogP contribution in [0.25, 0.3) is 0 Å². The van der Waals surface area contributed by atoms with E-state index in [1.807, 2.05) is 13.8 Å². The second-order valence-electron chi connectivity index (χ2n) is 8.42. The molecule has 1 aliphatic heterocycles. The summed E-state index contributed by atoms with van der Waals surface area (Å²) in [6, 6.07) is 17.9. The van der Waals surface area contributed by atoms with Crippen molar-refractivity contribution in [2.24, 2.45) is 5.73 Å². The number of esters is 2. The average molecular weight is 462 g/mol. The van der Waals surface area contributed by atoms with E-state index in [1.54, 1.807) is 54.6 Å². The molecule has 1 aliphatic rings. The van der Waals surface area contributed by atoms with E-state index in [2.05, 4.69) is 6.07 Å². The van der Waals surface area contributed by atoms with E-state index in [0.717, 1.165) is 5.56 Å². The maximum absolute atomic E-state index is 13.0. The first-order valence-corrected chi connectivity index (χ1v) is 10.6. The number of hydrogen-bond donors (Lipinski definition) is 2. The highest BCUT2D eigenvalue weighted by atomic mass is 16.5. The molecule has 2 aromatic carbocycles. The number of anilines is 1. The molecule has 0 aromatic heterocycles. The van der Waals surface area contributed by atoms with Crippen molar-refractivity contribution >= 4 is 17.6 Å². The van der Waals surface area contributed by atoms with E-state index in [0.29, 0.717) is 11.3 Å². The van der Waals surface area contributed by atoms with Gasteiger partial charge in [-0.15, -0.1) is 0 Å². The summed E-state index contributed by atoms with van der Waals surface area (Å²) in [5.41, 5.74) is 7.81. The summed E-state index contributed by atoms with van der Waals surface area (Å²) in [6.45, 7) is 3.73. The number of allylic oxidation sites excluding steroid dienone is 1. The summed E-state index contributed by atoms with van der Waals surface area (Å²) in [7, 11) is 2.41. The van der Waals surface area contributed by atoms with Crippen LogP contribution in [0, 0.1) is 11.3 Å². The van der Waals surface area contributed by atoms with Crippen molar-refractivity contribution in [1.29, 1.82) is 5.26 Å². The van der Waals surface area contributed by atoms with Gasteiger partial charge in [-0.2, -0.15) is 5.26 Å². The molecule has 2 aromatic rings. The normalized spacial score (nSPS) is 16.2. The Labute approximate surface area is 198 Å². The molecule has 0 spiro atoms. The van der Waals surface area contributed by atoms with Gasteiger partial charge in [0.2, 0.25) is 0 Å². The number of nitrogens with two attached hydrogens (primary N) is 1. The molecule has 0 saturated carbocycles. The minimum atomic E-state index is -0.920. The van der Waals surface area contributed by atoms with E-state index < -0.39 is 23.3 Å². The molecule has 34 heavy (non-hydrogen) atoms. The predicted molar refractivity (Wildman–Crippen MR) is 126 cm³/mol. The molecule has 1 unspecified atom stereocenters. The Morgan fingerprint density at radius 3 is 2.15 bits per heavy atom. The van der Waals surface area contributed by atoms with Crippen LogP contribution in [0.1, 0.15) is 30.9 Å². The zero-order valence-electron chi connectivity index (χ0n) is 19.5. The largest absolute Gasteiger partial charge is 0.466 e. The van der Waals surface area contributed by atoms with Gasteiger partial charge < -0.3 is 20.3 Å². The third kappa shape index (κ3) is 4.26. The Morgan fingerprint density at radius 2 is 1.65 bits per heavy atom. The molecule has 0 fully saturated rings. The molecule has 1 atom stereocenters. The van der Waals surface area contributed by atoms with E-state index in [1.165, 1.54) is 19.1 Å². The molecule has 0 aliphatic carbocycles. The van der Waals surface area contributed by atoms with E-state index in [9.17, 15) is 20.0 Å². The van der Waals surface area contributed by atoms with Gasteiger partial charge in [-0.25, -0.2) is 9.59 Å². The van der Waals surface area contributed by atoms with Crippen LogP contribution in [0.3, 0.4) is 0 Å². The van der Waals surface area contributed by atoms with Crippen LogP contribution >= 0.6 is 0 Å². The van der Waals surface area contributed by atoms with Crippen molar-refractivity contribution in [2.75, 3.05) is 25.7 Å². The SMILES string of the molecule is COC(=O)C1=C(C(=O)OC)N(c2ccc(C(C)(C)CO)cc2)C(N)=C(C#N)C1c1ccccc1. The number of nitriles is 1. The van der Waals surface area contributed by atoms with Gasteiger partial charge in [0, 0.05) is 11.1 Å². The molecule has 0 radical (unpaired) electrons. The van der Waals surface area contributed by atoms with Gasteiger partial charge in [0.25, 0.3) is 0 Å². The van der Waals surface area contributed by atoms with Gasteiger partial charge in [-0.1, -0.05) is 56.3 Å². The number of aliphatic hydroxyl groups is 1. The van der Waals surface area contributed by atoms with Gasteiger partial charge in [0.05, 0.1) is 44.0 Å². The standard InChI is InChI=1S/C26H27N3O5/c1-26(2,15-30)17-10-12-18(13-11-17)29-22(25(32)34-4)21(24(31)33-3)20(19(14-27)23(29)28)16-8-6-5-7-9-16/h5-13,20,30H,15,28H2,1-4H3. The minimum absolute atomic E-state index is 0.00132. The lowest BCUT2D eigenvalue weighted by atomic mass is 9.80. The molecular formula is C26H27N3O5. The molecule has 3 rings (SSSR count). The molecule has 0 saturated heterocycles. The van der Waals surface area contributed by atoms with Gasteiger partial charge >= 0.3 is 11.9 Å². The van der Waals surface area contributed by atoms with Crippen molar-refractivity contribution in [1.82, 2.24) is 0 Å². The first-order chi connectivity index (χ1) is 16.2. The molecule has 8 heteroatoms. The third-order valence-corrected chi connectivity index (χ3v) is 5.91. The summed E-state index contributed by atoms with van der Waals surface area (Å²) in [5, 5.41) is 19.7. The van der Waals surface area contributed by atoms with Crippen LogP contribution in [-0.4, -0.2) is 37.9 Å². The quantitative estimate of drug-likeness (QED) is 0.629. The second kappa shape index (κ2) is 9.81. The fraction of sp³-hybridized carbons (Fsp3) is 0.269. The first kappa shape index (κ1) is 24.6. The molecular weight excluding hydrogens is 434 g/mol. The smallest absolute Gasteiger partial charge is 0.355 e. The number of benzene rings is 2. The second-order valence-corrected chi connectivity index (χ2v) is 8.42. The number of nitrogens with zero attached hydrogens (tertiary/aromatic N) is 2. The summed E-state index contributed by atoms with van der Waals surface area (Å²) in [6.07, 6.45) is 0. The van der Waals surface area contributed by atoms with Crippen molar-refractivity contribution < 1.29 is 24.2 Å². The average Bonchev–Trinajstić information content (AvgIpc) is 2.87. The number of carbonyl (C=O) groups is 2. The highest BCUT2D eigenvalue weighted by Crippen LogP contribution is 2.43. The molecule has 3 N–H and O–H groups in total.